The van der Waals surface area contributed by atoms with E-state index in [2.05, 4.69) is 10.6 Å². The molecular formula is C11H19F3N2O. The Morgan fingerprint density at radius 2 is 2.12 bits per heavy atom. The van der Waals surface area contributed by atoms with Gasteiger partial charge in [0.05, 0.1) is 5.92 Å². The van der Waals surface area contributed by atoms with E-state index in [1.807, 2.05) is 0 Å². The predicted octanol–water partition coefficient (Wildman–Crippen LogP) is 1.83. The number of amides is 1. The highest BCUT2D eigenvalue weighted by atomic mass is 19.4. The van der Waals surface area contributed by atoms with Gasteiger partial charge in [-0.3, -0.25) is 4.79 Å². The average molecular weight is 252 g/mol. The molecule has 1 saturated heterocycles. The van der Waals surface area contributed by atoms with Crippen molar-refractivity contribution < 1.29 is 18.0 Å². The smallest absolute Gasteiger partial charge is 0.356 e. The Morgan fingerprint density at radius 1 is 1.35 bits per heavy atom. The molecule has 1 aliphatic heterocycles. The summed E-state index contributed by atoms with van der Waals surface area (Å²) in [6.07, 6.45) is -2.56. The van der Waals surface area contributed by atoms with Gasteiger partial charge in [-0.1, -0.05) is 0 Å². The lowest BCUT2D eigenvalue weighted by Crippen LogP contribution is -2.40. The van der Waals surface area contributed by atoms with Crippen LogP contribution in [0.15, 0.2) is 0 Å². The summed E-state index contributed by atoms with van der Waals surface area (Å²) in [7, 11) is 0. The second kappa shape index (κ2) is 6.83. The number of rotatable bonds is 5. The Morgan fingerprint density at radius 3 is 2.71 bits per heavy atom. The lowest BCUT2D eigenvalue weighted by atomic mass is 9.99. The number of hydrogen-bond donors (Lipinski definition) is 2. The van der Waals surface area contributed by atoms with Crippen LogP contribution in [0.1, 0.15) is 32.1 Å². The molecule has 2 N–H and O–H groups in total. The molecule has 1 heterocycles. The van der Waals surface area contributed by atoms with Crippen LogP contribution in [0.3, 0.4) is 0 Å². The Labute approximate surface area is 99.1 Å². The van der Waals surface area contributed by atoms with Crippen molar-refractivity contribution in [3.8, 4) is 0 Å². The summed E-state index contributed by atoms with van der Waals surface area (Å²) in [4.78, 5) is 11.6. The average Bonchev–Trinajstić information content (AvgIpc) is 2.28. The molecule has 0 spiro atoms. The minimum atomic E-state index is -4.09. The number of hydrogen-bond acceptors (Lipinski definition) is 2. The molecule has 17 heavy (non-hydrogen) atoms. The largest absolute Gasteiger partial charge is 0.389 e. The molecule has 0 aliphatic carbocycles. The highest BCUT2D eigenvalue weighted by Crippen LogP contribution is 2.21. The highest BCUT2D eigenvalue weighted by Gasteiger charge is 2.26. The van der Waals surface area contributed by atoms with E-state index in [0.717, 1.165) is 19.4 Å². The number of halogens is 3. The van der Waals surface area contributed by atoms with E-state index in [0.29, 0.717) is 19.5 Å². The standard InChI is InChI=1S/C11H19F3N2O/c12-11(13,14)5-1-2-7-16-10(17)9-4-3-6-15-8-9/h9,15H,1-8H2,(H,16,17)/t9-/m1/s1. The van der Waals surface area contributed by atoms with E-state index in [1.54, 1.807) is 0 Å². The predicted molar refractivity (Wildman–Crippen MR) is 58.5 cm³/mol. The molecule has 0 bridgehead atoms. The van der Waals surface area contributed by atoms with Crippen molar-refractivity contribution in [2.75, 3.05) is 19.6 Å². The Bertz CT molecular complexity index is 237. The van der Waals surface area contributed by atoms with Crippen LogP contribution in [0.5, 0.6) is 0 Å². The van der Waals surface area contributed by atoms with E-state index in [1.165, 1.54) is 0 Å². The number of nitrogens with one attached hydrogen (secondary N) is 2. The van der Waals surface area contributed by atoms with Gasteiger partial charge < -0.3 is 10.6 Å². The Balaban J connectivity index is 2.04. The van der Waals surface area contributed by atoms with Crippen molar-refractivity contribution >= 4 is 5.91 Å². The van der Waals surface area contributed by atoms with E-state index < -0.39 is 12.6 Å². The quantitative estimate of drug-likeness (QED) is 0.733. The van der Waals surface area contributed by atoms with E-state index >= 15 is 0 Å². The molecule has 0 aromatic heterocycles. The first-order valence-corrected chi connectivity index (χ1v) is 6.04. The molecule has 0 radical (unpaired) electrons. The monoisotopic (exact) mass is 252 g/mol. The van der Waals surface area contributed by atoms with Gasteiger partial charge in [0.1, 0.15) is 0 Å². The molecule has 1 aliphatic rings. The van der Waals surface area contributed by atoms with E-state index in [4.69, 9.17) is 0 Å². The fraction of sp³-hybridized carbons (Fsp3) is 0.909. The Hall–Kier alpha value is -0.780. The van der Waals surface area contributed by atoms with Crippen LogP contribution >= 0.6 is 0 Å². The zero-order valence-corrected chi connectivity index (χ0v) is 9.78. The zero-order chi connectivity index (χ0) is 12.7. The minimum absolute atomic E-state index is 0.0219. The summed E-state index contributed by atoms with van der Waals surface area (Å²) >= 11 is 0. The zero-order valence-electron chi connectivity index (χ0n) is 9.78. The molecule has 1 amide bonds. The third kappa shape index (κ3) is 6.51. The van der Waals surface area contributed by atoms with Gasteiger partial charge in [0.2, 0.25) is 5.91 Å². The molecule has 0 unspecified atom stereocenters. The van der Waals surface area contributed by atoms with Crippen LogP contribution in [0, 0.1) is 5.92 Å². The molecule has 6 heteroatoms. The van der Waals surface area contributed by atoms with Gasteiger partial charge in [0.25, 0.3) is 0 Å². The van der Waals surface area contributed by atoms with Gasteiger partial charge in [-0.05, 0) is 32.2 Å². The number of alkyl halides is 3. The maximum Gasteiger partial charge on any atom is 0.389 e. The fourth-order valence-corrected chi connectivity index (χ4v) is 1.88. The summed E-state index contributed by atoms with van der Waals surface area (Å²) in [5, 5.41) is 5.82. The first-order valence-electron chi connectivity index (χ1n) is 6.04. The van der Waals surface area contributed by atoms with Gasteiger partial charge in [0, 0.05) is 19.5 Å². The molecule has 0 saturated carbocycles. The maximum absolute atomic E-state index is 11.8. The van der Waals surface area contributed by atoms with Gasteiger partial charge in [-0.25, -0.2) is 0 Å². The number of carbonyl (C=O) groups excluding carboxylic acids is 1. The topological polar surface area (TPSA) is 41.1 Å². The van der Waals surface area contributed by atoms with Crippen molar-refractivity contribution in [2.24, 2.45) is 5.92 Å². The summed E-state index contributed by atoms with van der Waals surface area (Å²) in [6.45, 7) is 1.95. The normalized spacial score (nSPS) is 21.2. The van der Waals surface area contributed by atoms with Crippen molar-refractivity contribution in [2.45, 2.75) is 38.3 Å². The molecule has 1 rings (SSSR count). The summed E-state index contributed by atoms with van der Waals surface area (Å²) in [5.74, 6) is -0.0597. The number of piperidine rings is 1. The van der Waals surface area contributed by atoms with Crippen LogP contribution in [0.4, 0.5) is 13.2 Å². The van der Waals surface area contributed by atoms with Gasteiger partial charge in [-0.2, -0.15) is 13.2 Å². The SMILES string of the molecule is O=C(NCCCCC(F)(F)F)[C@@H]1CCCNC1. The second-order valence-corrected chi connectivity index (χ2v) is 4.41. The third-order valence-electron chi connectivity index (χ3n) is 2.85. The number of unbranched alkanes of at least 4 members (excludes halogenated alkanes) is 1. The molecular weight excluding hydrogens is 233 g/mol. The first-order chi connectivity index (χ1) is 7.99. The van der Waals surface area contributed by atoms with Crippen LogP contribution < -0.4 is 10.6 Å². The molecule has 0 aromatic rings. The summed E-state index contributed by atoms with van der Waals surface area (Å²) < 4.78 is 35.5. The summed E-state index contributed by atoms with van der Waals surface area (Å²) in [5.41, 5.74) is 0. The van der Waals surface area contributed by atoms with Crippen molar-refractivity contribution in [1.29, 1.82) is 0 Å². The van der Waals surface area contributed by atoms with Crippen LogP contribution in [0.2, 0.25) is 0 Å². The first kappa shape index (κ1) is 14.3. The highest BCUT2D eigenvalue weighted by molar-refractivity contribution is 5.78. The van der Waals surface area contributed by atoms with Crippen LogP contribution in [0.25, 0.3) is 0 Å². The van der Waals surface area contributed by atoms with Gasteiger partial charge >= 0.3 is 6.18 Å². The molecule has 1 fully saturated rings. The van der Waals surface area contributed by atoms with Crippen molar-refractivity contribution in [3.05, 3.63) is 0 Å². The number of carbonyl (C=O) groups is 1. The van der Waals surface area contributed by atoms with Crippen LogP contribution in [-0.4, -0.2) is 31.7 Å². The summed E-state index contributed by atoms with van der Waals surface area (Å²) in [6, 6.07) is 0. The van der Waals surface area contributed by atoms with E-state index in [9.17, 15) is 18.0 Å². The lowest BCUT2D eigenvalue weighted by Gasteiger charge is -2.21. The molecule has 3 nitrogen and oxygen atoms in total. The van der Waals surface area contributed by atoms with Gasteiger partial charge in [-0.15, -0.1) is 0 Å². The molecule has 100 valence electrons. The van der Waals surface area contributed by atoms with Crippen molar-refractivity contribution in [1.82, 2.24) is 10.6 Å². The molecule has 0 aromatic carbocycles. The van der Waals surface area contributed by atoms with Gasteiger partial charge in [0.15, 0.2) is 0 Å². The fourth-order valence-electron chi connectivity index (χ4n) is 1.88. The van der Waals surface area contributed by atoms with Crippen LogP contribution in [-0.2, 0) is 4.79 Å². The Kier molecular flexibility index (Phi) is 5.74. The lowest BCUT2D eigenvalue weighted by molar-refractivity contribution is -0.135. The third-order valence-corrected chi connectivity index (χ3v) is 2.85. The second-order valence-electron chi connectivity index (χ2n) is 4.41. The van der Waals surface area contributed by atoms with E-state index in [-0.39, 0.29) is 18.2 Å². The molecule has 1 atom stereocenters. The van der Waals surface area contributed by atoms with Crippen molar-refractivity contribution in [3.63, 3.8) is 0 Å². The minimum Gasteiger partial charge on any atom is -0.356 e. The maximum atomic E-state index is 11.8.